The first kappa shape index (κ1) is 16.8. The van der Waals surface area contributed by atoms with Crippen molar-refractivity contribution in [3.63, 3.8) is 0 Å². The first-order chi connectivity index (χ1) is 10.9. The Kier molecular flexibility index (Phi) is 4.43. The second-order valence-electron chi connectivity index (χ2n) is 6.59. The number of thioether (sulfide) groups is 1. The van der Waals surface area contributed by atoms with E-state index in [2.05, 4.69) is 5.32 Å². The van der Waals surface area contributed by atoms with Gasteiger partial charge in [0.25, 0.3) is 0 Å². The number of β-lactam (4-membered cyclic amide) rings is 1. The fourth-order valence-corrected chi connectivity index (χ4v) is 5.43. The summed E-state index contributed by atoms with van der Waals surface area (Å²) in [5.74, 6) is -1.92. The maximum Gasteiger partial charge on any atom is 0.353 e. The number of carbonyl (C=O) groups is 2. The number of hydrogen-bond acceptors (Lipinski definition) is 6. The number of fused-ring (bicyclic) bond motifs is 1. The third-order valence-corrected chi connectivity index (χ3v) is 6.58. The Bertz CT molecular complexity index is 565. The summed E-state index contributed by atoms with van der Waals surface area (Å²) in [6, 6.07) is 0.0257. The Morgan fingerprint density at radius 3 is 2.78 bits per heavy atom. The van der Waals surface area contributed by atoms with Gasteiger partial charge in [-0.2, -0.15) is 0 Å². The largest absolute Gasteiger partial charge is 0.477 e. The van der Waals surface area contributed by atoms with Crippen LogP contribution in [0.5, 0.6) is 0 Å². The summed E-state index contributed by atoms with van der Waals surface area (Å²) in [5, 5.41) is 23.0. The number of aliphatic hydroxyl groups excluding tert-OH is 1. The van der Waals surface area contributed by atoms with Crippen LogP contribution in [0.2, 0.25) is 0 Å². The number of aliphatic carboxylic acids is 1. The van der Waals surface area contributed by atoms with Crippen LogP contribution < -0.4 is 11.1 Å². The topological polar surface area (TPSA) is 116 Å². The van der Waals surface area contributed by atoms with Crippen molar-refractivity contribution < 1.29 is 19.8 Å². The molecule has 6 atom stereocenters. The third-order valence-electron chi connectivity index (χ3n) is 5.07. The molecule has 8 heteroatoms. The van der Waals surface area contributed by atoms with E-state index in [1.54, 1.807) is 18.7 Å². The van der Waals surface area contributed by atoms with Crippen molar-refractivity contribution in [1.82, 2.24) is 10.2 Å². The van der Waals surface area contributed by atoms with Gasteiger partial charge in [0.1, 0.15) is 5.70 Å². The molecule has 23 heavy (non-hydrogen) atoms. The molecular formula is C15H23N3O4S. The highest BCUT2D eigenvalue weighted by atomic mass is 32.2. The second-order valence-corrected chi connectivity index (χ2v) is 7.93. The molecule has 0 saturated carbocycles. The number of carbonyl (C=O) groups excluding carboxylic acids is 1. The molecule has 0 aromatic rings. The summed E-state index contributed by atoms with van der Waals surface area (Å²) in [6.07, 6.45) is 0.128. The van der Waals surface area contributed by atoms with E-state index >= 15 is 0 Å². The molecule has 7 nitrogen and oxygen atoms in total. The fraction of sp³-hybridized carbons (Fsp3) is 0.733. The van der Waals surface area contributed by atoms with E-state index in [1.165, 1.54) is 4.90 Å². The van der Waals surface area contributed by atoms with Crippen molar-refractivity contribution in [2.24, 2.45) is 17.6 Å². The Morgan fingerprint density at radius 2 is 2.26 bits per heavy atom. The van der Waals surface area contributed by atoms with Crippen LogP contribution in [0.3, 0.4) is 0 Å². The SMILES string of the molecule is CC(O)C1C(=O)N2C(C(=O)O)=C(SC3CNC(CN)C3)C(C)C12. The summed E-state index contributed by atoms with van der Waals surface area (Å²) < 4.78 is 0. The number of amides is 1. The quantitative estimate of drug-likeness (QED) is 0.501. The van der Waals surface area contributed by atoms with Crippen molar-refractivity contribution in [1.29, 1.82) is 0 Å². The number of carboxylic acids is 1. The van der Waals surface area contributed by atoms with Gasteiger partial charge in [0.15, 0.2) is 0 Å². The minimum atomic E-state index is -1.07. The van der Waals surface area contributed by atoms with Crippen LogP contribution in [-0.2, 0) is 9.59 Å². The number of carboxylic acid groups (broad SMARTS) is 1. The number of rotatable bonds is 5. The van der Waals surface area contributed by atoms with Crippen LogP contribution in [0, 0.1) is 11.8 Å². The highest BCUT2D eigenvalue weighted by molar-refractivity contribution is 8.03. The predicted molar refractivity (Wildman–Crippen MR) is 86.5 cm³/mol. The maximum absolute atomic E-state index is 12.3. The van der Waals surface area contributed by atoms with Gasteiger partial charge in [0.2, 0.25) is 5.91 Å². The first-order valence-corrected chi connectivity index (χ1v) is 8.83. The maximum atomic E-state index is 12.3. The highest BCUT2D eigenvalue weighted by Crippen LogP contribution is 2.51. The van der Waals surface area contributed by atoms with Crippen molar-refractivity contribution in [3.05, 3.63) is 10.6 Å². The lowest BCUT2D eigenvalue weighted by atomic mass is 9.79. The van der Waals surface area contributed by atoms with Gasteiger partial charge >= 0.3 is 5.97 Å². The average Bonchev–Trinajstić information content (AvgIpc) is 3.02. The minimum absolute atomic E-state index is 0.0691. The zero-order valence-corrected chi connectivity index (χ0v) is 14.0. The van der Waals surface area contributed by atoms with Gasteiger partial charge < -0.3 is 26.2 Å². The first-order valence-electron chi connectivity index (χ1n) is 7.95. The molecule has 0 spiro atoms. The van der Waals surface area contributed by atoms with E-state index < -0.39 is 18.0 Å². The molecule has 3 rings (SSSR count). The standard InChI is InChI=1S/C15H23N3O4S/c1-6-11-10(7(2)19)14(20)18(11)12(15(21)22)13(6)23-9-3-8(4-16)17-5-9/h6-11,17,19H,3-5,16H2,1-2H3,(H,21,22). The van der Waals surface area contributed by atoms with E-state index in [0.717, 1.165) is 17.9 Å². The van der Waals surface area contributed by atoms with Gasteiger partial charge in [-0.3, -0.25) is 4.79 Å². The zero-order chi connectivity index (χ0) is 16.9. The molecular weight excluding hydrogens is 318 g/mol. The molecule has 3 heterocycles. The van der Waals surface area contributed by atoms with Gasteiger partial charge in [-0.25, -0.2) is 4.79 Å². The van der Waals surface area contributed by atoms with Gasteiger partial charge in [-0.05, 0) is 13.3 Å². The Hall–Kier alpha value is -1.09. The second kappa shape index (κ2) is 6.08. The number of nitrogens with two attached hydrogens (primary N) is 1. The average molecular weight is 341 g/mol. The third kappa shape index (κ3) is 2.57. The van der Waals surface area contributed by atoms with Crippen molar-refractivity contribution in [3.8, 4) is 0 Å². The lowest BCUT2D eigenvalue weighted by Crippen LogP contribution is -2.63. The summed E-state index contributed by atoms with van der Waals surface area (Å²) in [6.45, 7) is 4.88. The smallest absolute Gasteiger partial charge is 0.353 e. The predicted octanol–water partition coefficient (Wildman–Crippen LogP) is -0.437. The van der Waals surface area contributed by atoms with Crippen LogP contribution >= 0.6 is 11.8 Å². The van der Waals surface area contributed by atoms with E-state index in [1.807, 2.05) is 6.92 Å². The molecule has 0 radical (unpaired) electrons. The van der Waals surface area contributed by atoms with Gasteiger partial charge in [-0.15, -0.1) is 11.8 Å². The van der Waals surface area contributed by atoms with Crippen LogP contribution in [0.15, 0.2) is 10.6 Å². The number of hydrogen-bond donors (Lipinski definition) is 4. The monoisotopic (exact) mass is 341 g/mol. The molecule has 0 aromatic carbocycles. The van der Waals surface area contributed by atoms with Crippen molar-refractivity contribution >= 4 is 23.6 Å². The summed E-state index contributed by atoms with van der Waals surface area (Å²) in [7, 11) is 0. The van der Waals surface area contributed by atoms with E-state index in [4.69, 9.17) is 5.73 Å². The summed E-state index contributed by atoms with van der Waals surface area (Å²) in [4.78, 5) is 26.1. The van der Waals surface area contributed by atoms with Crippen LogP contribution in [0.4, 0.5) is 0 Å². The molecule has 0 bridgehead atoms. The van der Waals surface area contributed by atoms with Crippen LogP contribution in [-0.4, -0.2) is 63.5 Å². The summed E-state index contributed by atoms with van der Waals surface area (Å²) in [5.41, 5.74) is 5.77. The normalized spacial score (nSPS) is 37.8. The Balaban J connectivity index is 1.83. The zero-order valence-electron chi connectivity index (χ0n) is 13.2. The molecule has 3 aliphatic heterocycles. The van der Waals surface area contributed by atoms with Crippen molar-refractivity contribution in [2.75, 3.05) is 13.1 Å². The summed E-state index contributed by atoms with van der Waals surface area (Å²) >= 11 is 1.55. The number of nitrogens with zero attached hydrogens (tertiary/aromatic N) is 1. The van der Waals surface area contributed by atoms with Crippen molar-refractivity contribution in [2.45, 2.75) is 43.7 Å². The fourth-order valence-electron chi connectivity index (χ4n) is 3.91. The van der Waals surface area contributed by atoms with E-state index in [9.17, 15) is 19.8 Å². The molecule has 3 aliphatic rings. The molecule has 5 N–H and O–H groups in total. The molecule has 128 valence electrons. The molecule has 2 fully saturated rings. The number of aliphatic hydroxyl groups is 1. The van der Waals surface area contributed by atoms with Crippen LogP contribution in [0.25, 0.3) is 0 Å². The van der Waals surface area contributed by atoms with Crippen LogP contribution in [0.1, 0.15) is 20.3 Å². The molecule has 0 aliphatic carbocycles. The van der Waals surface area contributed by atoms with Gasteiger partial charge in [-0.1, -0.05) is 6.92 Å². The van der Waals surface area contributed by atoms with Gasteiger partial charge in [0, 0.05) is 35.2 Å². The lowest BCUT2D eigenvalue weighted by Gasteiger charge is -2.46. The van der Waals surface area contributed by atoms with Gasteiger partial charge in [0.05, 0.1) is 18.1 Å². The lowest BCUT2D eigenvalue weighted by molar-refractivity contribution is -0.163. The van der Waals surface area contributed by atoms with E-state index in [0.29, 0.717) is 6.54 Å². The molecule has 1 amide bonds. The minimum Gasteiger partial charge on any atom is -0.477 e. The molecule has 6 unspecified atom stereocenters. The molecule has 0 aromatic heterocycles. The van der Waals surface area contributed by atoms with E-state index in [-0.39, 0.29) is 34.9 Å². The number of nitrogens with one attached hydrogen (secondary N) is 1. The Labute approximate surface area is 139 Å². The molecule has 2 saturated heterocycles. The Morgan fingerprint density at radius 1 is 1.57 bits per heavy atom. The highest BCUT2D eigenvalue weighted by Gasteiger charge is 2.60.